The van der Waals surface area contributed by atoms with Crippen LogP contribution in [-0.4, -0.2) is 33.6 Å². The quantitative estimate of drug-likeness (QED) is 0.310. The number of hydrogen-bond acceptors (Lipinski definition) is 4. The molecule has 0 fully saturated rings. The van der Waals surface area contributed by atoms with Crippen molar-refractivity contribution in [1.29, 1.82) is 5.26 Å². The molecule has 2 aromatic carbocycles. The molecule has 1 aliphatic rings. The molecule has 3 heterocycles. The van der Waals surface area contributed by atoms with Crippen molar-refractivity contribution in [2.45, 2.75) is 19.5 Å². The molecule has 1 aliphatic heterocycles. The zero-order valence-electron chi connectivity index (χ0n) is 19.7. The largest absolute Gasteiger partial charge is 0.333 e. The number of amides is 1. The SMILES string of the molecule is N#Cc1ccc2c(c1)c1c(n2C(=O)NCc2ccnc(F)c2)CCN(C/C=C/c2ccc(Cl)c(Cl)c2)C1. The normalized spacial score (nSPS) is 13.6. The van der Waals surface area contributed by atoms with Crippen molar-refractivity contribution in [3.05, 3.63) is 105 Å². The minimum absolute atomic E-state index is 0.175. The number of aromatic nitrogens is 2. The summed E-state index contributed by atoms with van der Waals surface area (Å²) < 4.78 is 15.1. The van der Waals surface area contributed by atoms with Gasteiger partial charge in [-0.3, -0.25) is 9.47 Å². The summed E-state index contributed by atoms with van der Waals surface area (Å²) in [5.74, 6) is -0.590. The van der Waals surface area contributed by atoms with Crippen molar-refractivity contribution in [2.24, 2.45) is 0 Å². The van der Waals surface area contributed by atoms with E-state index in [1.165, 1.54) is 12.3 Å². The van der Waals surface area contributed by atoms with Crippen LogP contribution in [0.5, 0.6) is 0 Å². The molecule has 186 valence electrons. The molecule has 0 bridgehead atoms. The molecule has 0 atom stereocenters. The van der Waals surface area contributed by atoms with Gasteiger partial charge in [0.2, 0.25) is 5.95 Å². The summed E-state index contributed by atoms with van der Waals surface area (Å²) in [6.45, 7) is 2.30. The Balaban J connectivity index is 1.39. The summed E-state index contributed by atoms with van der Waals surface area (Å²) in [6, 6.07) is 15.7. The Morgan fingerprint density at radius 1 is 1.16 bits per heavy atom. The van der Waals surface area contributed by atoms with Crippen molar-refractivity contribution in [3.8, 4) is 6.07 Å². The number of benzene rings is 2. The van der Waals surface area contributed by atoms with Gasteiger partial charge in [0, 0.05) is 49.9 Å². The minimum Gasteiger partial charge on any atom is -0.333 e. The average molecular weight is 534 g/mol. The molecule has 0 aliphatic carbocycles. The molecule has 2 aromatic heterocycles. The van der Waals surface area contributed by atoms with Crippen LogP contribution in [0.25, 0.3) is 17.0 Å². The van der Waals surface area contributed by atoms with Crippen molar-refractivity contribution >= 4 is 46.2 Å². The first-order valence-corrected chi connectivity index (χ1v) is 12.5. The molecular formula is C28H22Cl2FN5O. The van der Waals surface area contributed by atoms with Gasteiger partial charge in [0.15, 0.2) is 0 Å². The van der Waals surface area contributed by atoms with Gasteiger partial charge in [-0.15, -0.1) is 0 Å². The molecule has 5 rings (SSSR count). The second-order valence-corrected chi connectivity index (χ2v) is 9.63. The van der Waals surface area contributed by atoms with Gasteiger partial charge >= 0.3 is 6.03 Å². The van der Waals surface area contributed by atoms with Crippen molar-refractivity contribution in [2.75, 3.05) is 13.1 Å². The third kappa shape index (κ3) is 5.37. The maximum absolute atomic E-state index is 13.4. The Morgan fingerprint density at radius 3 is 2.81 bits per heavy atom. The first-order chi connectivity index (χ1) is 17.9. The number of rotatable bonds is 5. The van der Waals surface area contributed by atoms with E-state index in [1.54, 1.807) is 22.8 Å². The molecule has 0 spiro atoms. The number of carbonyl (C=O) groups excluding carboxylic acids is 1. The molecule has 0 radical (unpaired) electrons. The van der Waals surface area contributed by atoms with E-state index in [2.05, 4.69) is 27.3 Å². The fourth-order valence-corrected chi connectivity index (χ4v) is 4.94. The van der Waals surface area contributed by atoms with Gasteiger partial charge in [-0.25, -0.2) is 9.78 Å². The molecule has 9 heteroatoms. The lowest BCUT2D eigenvalue weighted by atomic mass is 10.0. The molecular weight excluding hydrogens is 512 g/mol. The fraction of sp³-hybridized carbons (Fsp3) is 0.179. The molecule has 0 unspecified atom stereocenters. The van der Waals surface area contributed by atoms with Crippen molar-refractivity contribution in [1.82, 2.24) is 19.8 Å². The zero-order valence-corrected chi connectivity index (χ0v) is 21.2. The Kier molecular flexibility index (Phi) is 7.24. The highest BCUT2D eigenvalue weighted by atomic mass is 35.5. The van der Waals surface area contributed by atoms with Crippen molar-refractivity contribution < 1.29 is 9.18 Å². The number of carbonyl (C=O) groups is 1. The third-order valence-corrected chi connectivity index (χ3v) is 7.15. The van der Waals surface area contributed by atoms with E-state index in [0.717, 1.165) is 34.3 Å². The van der Waals surface area contributed by atoms with E-state index in [1.807, 2.05) is 30.3 Å². The van der Waals surface area contributed by atoms with E-state index in [9.17, 15) is 14.4 Å². The summed E-state index contributed by atoms with van der Waals surface area (Å²) in [5.41, 5.74) is 4.83. The van der Waals surface area contributed by atoms with Gasteiger partial charge in [-0.1, -0.05) is 41.4 Å². The summed E-state index contributed by atoms with van der Waals surface area (Å²) in [6.07, 6.45) is 6.12. The van der Waals surface area contributed by atoms with Gasteiger partial charge < -0.3 is 5.32 Å². The Bertz CT molecular complexity index is 1570. The minimum atomic E-state index is -0.590. The lowest BCUT2D eigenvalue weighted by molar-refractivity contribution is 0.240. The average Bonchev–Trinajstić information content (AvgIpc) is 3.22. The molecule has 0 saturated heterocycles. The lowest BCUT2D eigenvalue weighted by Crippen LogP contribution is -2.34. The predicted molar refractivity (Wildman–Crippen MR) is 143 cm³/mol. The van der Waals surface area contributed by atoms with Crippen LogP contribution >= 0.6 is 23.2 Å². The van der Waals surface area contributed by atoms with Crippen LogP contribution in [0.3, 0.4) is 0 Å². The summed E-state index contributed by atoms with van der Waals surface area (Å²) in [7, 11) is 0. The Labute approximate surface area is 223 Å². The lowest BCUT2D eigenvalue weighted by Gasteiger charge is -2.27. The van der Waals surface area contributed by atoms with Crippen LogP contribution in [0, 0.1) is 17.3 Å². The van der Waals surface area contributed by atoms with Crippen LogP contribution in [0.1, 0.15) is 27.9 Å². The Hall–Kier alpha value is -3.70. The molecule has 6 nitrogen and oxygen atoms in total. The molecule has 37 heavy (non-hydrogen) atoms. The standard InChI is InChI=1S/C28H22Cl2FN5O/c29-23-5-3-18(13-24(23)30)2-1-10-35-11-8-26-22(17-35)21-12-19(15-32)4-6-25(21)36(26)28(37)34-16-20-7-9-33-27(31)14-20/h1-7,9,12-14H,8,10-11,16-17H2,(H,34,37)/b2-1+. The van der Waals surface area contributed by atoms with Crippen LogP contribution in [0.2, 0.25) is 10.0 Å². The number of nitrogens with one attached hydrogen (secondary N) is 1. The highest BCUT2D eigenvalue weighted by Crippen LogP contribution is 2.32. The van der Waals surface area contributed by atoms with E-state index in [0.29, 0.717) is 40.7 Å². The summed E-state index contributed by atoms with van der Waals surface area (Å²) in [4.78, 5) is 19.1. The maximum Gasteiger partial charge on any atom is 0.326 e. The second-order valence-electron chi connectivity index (χ2n) is 8.81. The number of halogens is 3. The fourth-order valence-electron chi connectivity index (χ4n) is 4.63. The number of nitriles is 1. The number of nitrogens with zero attached hydrogens (tertiary/aromatic N) is 4. The zero-order chi connectivity index (χ0) is 25.9. The number of pyridine rings is 1. The third-order valence-electron chi connectivity index (χ3n) is 6.41. The first-order valence-electron chi connectivity index (χ1n) is 11.7. The van der Waals surface area contributed by atoms with Gasteiger partial charge in [-0.05, 0) is 59.2 Å². The number of fused-ring (bicyclic) bond motifs is 3. The number of hydrogen-bond donors (Lipinski definition) is 1. The van der Waals surface area contributed by atoms with Gasteiger partial charge in [0.1, 0.15) is 0 Å². The van der Waals surface area contributed by atoms with Gasteiger partial charge in [0.05, 0.1) is 27.2 Å². The summed E-state index contributed by atoms with van der Waals surface area (Å²) in [5, 5.41) is 14.3. The van der Waals surface area contributed by atoms with Gasteiger partial charge in [0.25, 0.3) is 0 Å². The van der Waals surface area contributed by atoms with E-state index >= 15 is 0 Å². The summed E-state index contributed by atoms with van der Waals surface area (Å²) >= 11 is 12.1. The second kappa shape index (κ2) is 10.7. The van der Waals surface area contributed by atoms with Crippen molar-refractivity contribution in [3.63, 3.8) is 0 Å². The van der Waals surface area contributed by atoms with E-state index in [4.69, 9.17) is 23.2 Å². The van der Waals surface area contributed by atoms with Crippen LogP contribution in [0.15, 0.2) is 60.8 Å². The molecule has 1 N–H and O–H groups in total. The Morgan fingerprint density at radius 2 is 2.03 bits per heavy atom. The van der Waals surface area contributed by atoms with Crippen LogP contribution in [0.4, 0.5) is 9.18 Å². The monoisotopic (exact) mass is 533 g/mol. The smallest absolute Gasteiger partial charge is 0.326 e. The highest BCUT2D eigenvalue weighted by Gasteiger charge is 2.26. The molecule has 4 aromatic rings. The van der Waals surface area contributed by atoms with Crippen LogP contribution < -0.4 is 5.32 Å². The topological polar surface area (TPSA) is 74.0 Å². The van der Waals surface area contributed by atoms with Crippen LogP contribution in [-0.2, 0) is 19.5 Å². The maximum atomic E-state index is 13.4. The highest BCUT2D eigenvalue weighted by molar-refractivity contribution is 6.42. The van der Waals surface area contributed by atoms with E-state index in [-0.39, 0.29) is 12.6 Å². The predicted octanol–water partition coefficient (Wildman–Crippen LogP) is 6.18. The first kappa shape index (κ1) is 25.0. The van der Waals surface area contributed by atoms with Gasteiger partial charge in [-0.2, -0.15) is 9.65 Å². The molecule has 0 saturated carbocycles. The molecule has 1 amide bonds. The van der Waals surface area contributed by atoms with E-state index < -0.39 is 5.95 Å².